The average Bonchev–Trinajstić information content (AvgIpc) is 3.43. The molecule has 0 saturated heterocycles. The van der Waals surface area contributed by atoms with Crippen LogP contribution < -0.4 is 20.5 Å². The lowest BCUT2D eigenvalue weighted by molar-refractivity contribution is 0.190. The number of hydrogen-bond acceptors (Lipinski definition) is 7. The number of aliphatic imine (C=N–C) groups is 1. The molecule has 2 aromatic carbocycles. The molecule has 0 radical (unpaired) electrons. The van der Waals surface area contributed by atoms with Crippen molar-refractivity contribution in [3.05, 3.63) is 65.9 Å². The highest BCUT2D eigenvalue weighted by Gasteiger charge is 2.32. The number of aromatic nitrogens is 2. The van der Waals surface area contributed by atoms with Gasteiger partial charge in [-0.2, -0.15) is 5.10 Å². The van der Waals surface area contributed by atoms with E-state index in [9.17, 15) is 8.42 Å². The second kappa shape index (κ2) is 14.5. The summed E-state index contributed by atoms with van der Waals surface area (Å²) < 4.78 is 71.4. The number of sulfonamides is 1. The van der Waals surface area contributed by atoms with E-state index in [0.717, 1.165) is 49.9 Å². The van der Waals surface area contributed by atoms with Gasteiger partial charge in [0.05, 0.1) is 35.6 Å². The fourth-order valence-corrected chi connectivity index (χ4v) is 6.73. The Balaban J connectivity index is 1.71. The smallest absolute Gasteiger partial charge is 0.262 e. The minimum atomic E-state index is -4.25. The van der Waals surface area contributed by atoms with Gasteiger partial charge in [-0.25, -0.2) is 17.2 Å². The molecule has 4 N–H and O–H groups in total. The predicted molar refractivity (Wildman–Crippen MR) is 173 cm³/mol. The van der Waals surface area contributed by atoms with Crippen LogP contribution in [0.5, 0.6) is 5.75 Å². The van der Waals surface area contributed by atoms with Gasteiger partial charge in [0.1, 0.15) is 28.9 Å². The average molecular weight is 645 g/mol. The molecule has 1 aliphatic rings. The van der Waals surface area contributed by atoms with Crippen LogP contribution >= 0.6 is 0 Å². The van der Waals surface area contributed by atoms with Gasteiger partial charge >= 0.3 is 0 Å². The van der Waals surface area contributed by atoms with Crippen LogP contribution in [0.15, 0.2) is 52.9 Å². The molecule has 0 bridgehead atoms. The summed E-state index contributed by atoms with van der Waals surface area (Å²) >= 11 is 0. The van der Waals surface area contributed by atoms with Crippen LogP contribution in [0, 0.1) is 17.6 Å². The Hall–Kier alpha value is -3.81. The van der Waals surface area contributed by atoms with Crippen molar-refractivity contribution in [2.24, 2.45) is 16.6 Å². The van der Waals surface area contributed by atoms with Crippen molar-refractivity contribution < 1.29 is 26.7 Å². The summed E-state index contributed by atoms with van der Waals surface area (Å²) in [5.41, 5.74) is 7.56. The van der Waals surface area contributed by atoms with E-state index in [1.165, 1.54) is 32.4 Å². The molecule has 1 fully saturated rings. The molecule has 0 aliphatic heterocycles. The molecule has 45 heavy (non-hydrogen) atoms. The molecular formula is C32H42F2N6O4S. The van der Waals surface area contributed by atoms with Gasteiger partial charge in [-0.1, -0.05) is 12.6 Å². The molecule has 1 aromatic heterocycles. The topological polar surface area (TPSA) is 133 Å². The fraction of sp³-hybridized carbons (Fsp3) is 0.438. The molecule has 0 unspecified atom stereocenters. The predicted octanol–water partition coefficient (Wildman–Crippen LogP) is 5.36. The molecule has 1 saturated carbocycles. The van der Waals surface area contributed by atoms with E-state index in [-0.39, 0.29) is 33.9 Å². The van der Waals surface area contributed by atoms with Gasteiger partial charge in [0.2, 0.25) is 0 Å². The van der Waals surface area contributed by atoms with Crippen molar-refractivity contribution >= 4 is 27.1 Å². The number of methoxy groups -OCH3 is 2. The van der Waals surface area contributed by atoms with Crippen molar-refractivity contribution in [1.29, 1.82) is 0 Å². The first-order valence-corrected chi connectivity index (χ1v) is 16.3. The number of nitrogens with one attached hydrogen (secondary N) is 2. The van der Waals surface area contributed by atoms with Crippen LogP contribution in [0.2, 0.25) is 0 Å². The number of amidine groups is 1. The first-order chi connectivity index (χ1) is 21.4. The van der Waals surface area contributed by atoms with E-state index < -0.39 is 27.3 Å². The lowest BCUT2D eigenvalue weighted by Gasteiger charge is -2.31. The number of hydrogen-bond donors (Lipinski definition) is 3. The molecule has 0 atom stereocenters. The largest absolute Gasteiger partial charge is 0.497 e. The minimum Gasteiger partial charge on any atom is -0.497 e. The Morgan fingerprint density at radius 3 is 2.49 bits per heavy atom. The van der Waals surface area contributed by atoms with Crippen molar-refractivity contribution in [1.82, 2.24) is 15.1 Å². The van der Waals surface area contributed by atoms with E-state index >= 15 is 8.78 Å². The van der Waals surface area contributed by atoms with E-state index in [1.54, 1.807) is 17.9 Å². The van der Waals surface area contributed by atoms with Crippen molar-refractivity contribution in [3.8, 4) is 17.0 Å². The van der Waals surface area contributed by atoms with Gasteiger partial charge in [0.25, 0.3) is 10.0 Å². The highest BCUT2D eigenvalue weighted by Crippen LogP contribution is 2.40. The summed E-state index contributed by atoms with van der Waals surface area (Å²) in [6, 6.07) is 7.59. The van der Waals surface area contributed by atoms with E-state index in [2.05, 4.69) is 21.6 Å². The number of nitrogens with two attached hydrogens (primary N) is 1. The molecule has 3 aromatic rings. The fourth-order valence-electron chi connectivity index (χ4n) is 5.64. The van der Waals surface area contributed by atoms with Gasteiger partial charge < -0.3 is 20.5 Å². The molecule has 4 rings (SSSR count). The van der Waals surface area contributed by atoms with Crippen LogP contribution in [0.25, 0.3) is 16.8 Å². The number of ether oxygens (including phenoxy) is 2. The Morgan fingerprint density at radius 2 is 1.87 bits per heavy atom. The zero-order valence-electron chi connectivity index (χ0n) is 26.4. The molecule has 0 amide bonds. The minimum absolute atomic E-state index is 0.0940. The molecule has 13 heteroatoms. The van der Waals surface area contributed by atoms with E-state index in [4.69, 9.17) is 20.3 Å². The second-order valence-corrected chi connectivity index (χ2v) is 13.0. The zero-order valence-corrected chi connectivity index (χ0v) is 27.2. The lowest BCUT2D eigenvalue weighted by Crippen LogP contribution is -2.35. The normalized spacial score (nSPS) is 17.5. The van der Waals surface area contributed by atoms with Crippen LogP contribution in [0.3, 0.4) is 0 Å². The maximum Gasteiger partial charge on any atom is 0.262 e. The van der Waals surface area contributed by atoms with Crippen LogP contribution in [0.1, 0.15) is 56.8 Å². The molecular weight excluding hydrogens is 602 g/mol. The molecule has 10 nitrogen and oxygen atoms in total. The molecule has 0 spiro atoms. The number of halogens is 2. The van der Waals surface area contributed by atoms with Crippen molar-refractivity contribution in [3.63, 3.8) is 0 Å². The quantitative estimate of drug-likeness (QED) is 0.130. The standard InChI is InChI=1S/C32H42F2N6O4S/c1-19(2)40-31(20(3)21-10-12-22(13-11-21)37-14-15-43-5)29(32(35)36-4)30(38-40)25-17-27(34)28(18-26(25)33)39-45(41,42)24-9-7-8-23(16-24)44-6/h7-9,16-19,21-22,37,39H,3,10-15H2,1-2,4-6H3,(H2,35,36). The maximum absolute atomic E-state index is 15.8. The van der Waals surface area contributed by atoms with E-state index in [1.807, 2.05) is 13.8 Å². The third kappa shape index (κ3) is 7.54. The van der Waals surface area contributed by atoms with Gasteiger partial charge in [-0.15, -0.1) is 0 Å². The van der Waals surface area contributed by atoms with Gasteiger partial charge in [-0.05, 0) is 69.2 Å². The third-order valence-electron chi connectivity index (χ3n) is 8.07. The maximum atomic E-state index is 15.8. The monoisotopic (exact) mass is 644 g/mol. The Labute approximate surface area is 263 Å². The second-order valence-electron chi connectivity index (χ2n) is 11.3. The first kappa shape index (κ1) is 34.1. The van der Waals surface area contributed by atoms with Gasteiger partial charge in [0, 0.05) is 50.5 Å². The van der Waals surface area contributed by atoms with E-state index in [0.29, 0.717) is 29.7 Å². The Morgan fingerprint density at radius 1 is 1.16 bits per heavy atom. The zero-order chi connectivity index (χ0) is 32.9. The van der Waals surface area contributed by atoms with Crippen molar-refractivity contribution in [2.45, 2.75) is 56.5 Å². The van der Waals surface area contributed by atoms with Crippen LogP contribution in [-0.2, 0) is 14.8 Å². The summed E-state index contributed by atoms with van der Waals surface area (Å²) in [5.74, 6) is -1.35. The molecule has 1 aliphatic carbocycles. The molecule has 244 valence electrons. The van der Waals surface area contributed by atoms with Crippen LogP contribution in [-0.4, -0.2) is 64.5 Å². The number of anilines is 1. The number of allylic oxidation sites excluding steroid dienone is 1. The number of benzene rings is 2. The third-order valence-corrected chi connectivity index (χ3v) is 9.43. The summed E-state index contributed by atoms with van der Waals surface area (Å²) in [6.07, 6.45) is 3.68. The van der Waals surface area contributed by atoms with Crippen LogP contribution in [0.4, 0.5) is 14.5 Å². The number of rotatable bonds is 13. The summed E-state index contributed by atoms with van der Waals surface area (Å²) in [4.78, 5) is 4.02. The first-order valence-electron chi connectivity index (χ1n) is 14.8. The Kier molecular flexibility index (Phi) is 11.0. The number of nitrogens with zero attached hydrogens (tertiary/aromatic N) is 3. The summed E-state index contributed by atoms with van der Waals surface area (Å²) in [7, 11) is 0.335. The van der Waals surface area contributed by atoms with Gasteiger partial charge in [-0.3, -0.25) is 14.4 Å². The SMILES string of the molecule is C=C(c1c(C(N)=NC)c(-c2cc(F)c(NS(=O)(=O)c3cccc(OC)c3)cc2F)nn1C(C)C)C1CCC(NCCOC)CC1. The Bertz CT molecular complexity index is 1660. The highest BCUT2D eigenvalue weighted by atomic mass is 32.2. The highest BCUT2D eigenvalue weighted by molar-refractivity contribution is 7.92. The lowest BCUT2D eigenvalue weighted by atomic mass is 9.80. The summed E-state index contributed by atoms with van der Waals surface area (Å²) in [6.45, 7) is 9.74. The molecule has 1 heterocycles. The van der Waals surface area contributed by atoms with Gasteiger partial charge in [0.15, 0.2) is 0 Å². The van der Waals surface area contributed by atoms with Crippen molar-refractivity contribution in [2.75, 3.05) is 39.1 Å². The summed E-state index contributed by atoms with van der Waals surface area (Å²) in [5, 5.41) is 8.24.